The first-order valence-electron chi connectivity index (χ1n) is 6.59. The van der Waals surface area contributed by atoms with Crippen molar-refractivity contribution in [3.8, 4) is 0 Å². The van der Waals surface area contributed by atoms with Crippen molar-refractivity contribution in [2.45, 2.75) is 39.2 Å². The molecule has 1 unspecified atom stereocenters. The summed E-state index contributed by atoms with van der Waals surface area (Å²) >= 11 is 0. The van der Waals surface area contributed by atoms with Gasteiger partial charge in [-0.2, -0.15) is 0 Å². The molecule has 0 aliphatic heterocycles. The largest absolute Gasteiger partial charge is 0.376 e. The first-order chi connectivity index (χ1) is 8.97. The molecule has 1 aromatic heterocycles. The molecule has 0 aliphatic rings. The highest BCUT2D eigenvalue weighted by Crippen LogP contribution is 2.25. The molecule has 1 N–H and O–H groups in total. The number of hydrogen-bond acceptors (Lipinski definition) is 3. The highest BCUT2D eigenvalue weighted by molar-refractivity contribution is 5.41. The lowest BCUT2D eigenvalue weighted by atomic mass is 9.86. The van der Waals surface area contributed by atoms with Gasteiger partial charge in [-0.3, -0.25) is 0 Å². The van der Waals surface area contributed by atoms with Crippen LogP contribution in [0.1, 0.15) is 44.9 Å². The van der Waals surface area contributed by atoms with Crippen LogP contribution in [0.5, 0.6) is 0 Å². The summed E-state index contributed by atoms with van der Waals surface area (Å²) in [6.45, 7) is 8.82. The van der Waals surface area contributed by atoms with Crippen molar-refractivity contribution in [3.63, 3.8) is 0 Å². The molecule has 0 bridgehead atoms. The Balaban J connectivity index is 2.10. The van der Waals surface area contributed by atoms with Crippen LogP contribution in [-0.4, -0.2) is 9.97 Å². The van der Waals surface area contributed by atoms with Gasteiger partial charge in [0.15, 0.2) is 0 Å². The van der Waals surface area contributed by atoms with Gasteiger partial charge in [0.1, 0.15) is 6.33 Å². The fourth-order valence-electron chi connectivity index (χ4n) is 1.98. The van der Waals surface area contributed by atoms with Gasteiger partial charge in [-0.1, -0.05) is 45.0 Å². The number of benzene rings is 1. The molecule has 19 heavy (non-hydrogen) atoms. The summed E-state index contributed by atoms with van der Waals surface area (Å²) in [5.41, 5.74) is 3.75. The predicted molar refractivity (Wildman–Crippen MR) is 79.2 cm³/mol. The van der Waals surface area contributed by atoms with E-state index in [1.54, 1.807) is 12.4 Å². The summed E-state index contributed by atoms with van der Waals surface area (Å²) in [6, 6.07) is 9.01. The van der Waals surface area contributed by atoms with E-state index in [1.807, 2.05) is 0 Å². The molecule has 3 nitrogen and oxygen atoms in total. The SMILES string of the molecule is CC(Nc1cncnc1)c1ccc(C(C)(C)C)cc1. The van der Waals surface area contributed by atoms with Crippen LogP contribution in [-0.2, 0) is 5.41 Å². The van der Waals surface area contributed by atoms with Gasteiger partial charge in [0.05, 0.1) is 18.1 Å². The second kappa shape index (κ2) is 5.39. The van der Waals surface area contributed by atoms with Crippen LogP contribution in [0.15, 0.2) is 43.0 Å². The first kappa shape index (κ1) is 13.5. The standard InChI is InChI=1S/C16H21N3/c1-12(19-15-9-17-11-18-10-15)13-5-7-14(8-6-13)16(2,3)4/h5-12,19H,1-4H3. The predicted octanol–water partition coefficient (Wildman–Crippen LogP) is 3.95. The number of aromatic nitrogens is 2. The molecule has 1 heterocycles. The maximum absolute atomic E-state index is 4.00. The van der Waals surface area contributed by atoms with Gasteiger partial charge >= 0.3 is 0 Å². The number of nitrogens with one attached hydrogen (secondary N) is 1. The third-order valence-electron chi connectivity index (χ3n) is 3.22. The number of hydrogen-bond donors (Lipinski definition) is 1. The lowest BCUT2D eigenvalue weighted by Gasteiger charge is -2.21. The highest BCUT2D eigenvalue weighted by Gasteiger charge is 2.14. The average molecular weight is 255 g/mol. The molecule has 0 radical (unpaired) electrons. The van der Waals surface area contributed by atoms with Gasteiger partial charge in [-0.15, -0.1) is 0 Å². The molecule has 0 saturated heterocycles. The van der Waals surface area contributed by atoms with E-state index in [-0.39, 0.29) is 11.5 Å². The zero-order chi connectivity index (χ0) is 13.9. The topological polar surface area (TPSA) is 37.8 Å². The van der Waals surface area contributed by atoms with Crippen LogP contribution < -0.4 is 5.32 Å². The van der Waals surface area contributed by atoms with Crippen molar-refractivity contribution in [1.29, 1.82) is 0 Å². The summed E-state index contributed by atoms with van der Waals surface area (Å²) in [5.74, 6) is 0. The molecule has 1 atom stereocenters. The van der Waals surface area contributed by atoms with Gasteiger partial charge in [0.25, 0.3) is 0 Å². The average Bonchev–Trinajstić information content (AvgIpc) is 2.39. The van der Waals surface area contributed by atoms with Gasteiger partial charge in [0, 0.05) is 6.04 Å². The van der Waals surface area contributed by atoms with Crippen LogP contribution in [0, 0.1) is 0 Å². The molecule has 2 aromatic rings. The third kappa shape index (κ3) is 3.53. The van der Waals surface area contributed by atoms with E-state index in [9.17, 15) is 0 Å². The summed E-state index contributed by atoms with van der Waals surface area (Å²) in [6.07, 6.45) is 5.11. The third-order valence-corrected chi connectivity index (χ3v) is 3.22. The lowest BCUT2D eigenvalue weighted by molar-refractivity contribution is 0.589. The molecule has 100 valence electrons. The molecule has 2 rings (SSSR count). The van der Waals surface area contributed by atoms with Gasteiger partial charge in [-0.05, 0) is 23.5 Å². The Hall–Kier alpha value is -1.90. The highest BCUT2D eigenvalue weighted by atomic mass is 15.0. The number of anilines is 1. The zero-order valence-corrected chi connectivity index (χ0v) is 12.0. The Morgan fingerprint density at radius 2 is 1.58 bits per heavy atom. The van der Waals surface area contributed by atoms with Gasteiger partial charge < -0.3 is 5.32 Å². The summed E-state index contributed by atoms with van der Waals surface area (Å²) < 4.78 is 0. The van der Waals surface area contributed by atoms with Crippen molar-refractivity contribution in [2.75, 3.05) is 5.32 Å². The molecule has 0 saturated carbocycles. The van der Waals surface area contributed by atoms with E-state index in [4.69, 9.17) is 0 Å². The summed E-state index contributed by atoms with van der Waals surface area (Å²) in [4.78, 5) is 8.01. The fourth-order valence-corrected chi connectivity index (χ4v) is 1.98. The van der Waals surface area contributed by atoms with E-state index >= 15 is 0 Å². The monoisotopic (exact) mass is 255 g/mol. The zero-order valence-electron chi connectivity index (χ0n) is 12.0. The van der Waals surface area contributed by atoms with E-state index in [1.165, 1.54) is 17.5 Å². The molecule has 0 fully saturated rings. The van der Waals surface area contributed by atoms with E-state index < -0.39 is 0 Å². The fraction of sp³-hybridized carbons (Fsp3) is 0.375. The Morgan fingerprint density at radius 1 is 1.00 bits per heavy atom. The maximum atomic E-state index is 4.00. The quantitative estimate of drug-likeness (QED) is 0.902. The van der Waals surface area contributed by atoms with Gasteiger partial charge in [-0.25, -0.2) is 9.97 Å². The van der Waals surface area contributed by atoms with Crippen molar-refractivity contribution >= 4 is 5.69 Å². The molecule has 0 spiro atoms. The maximum Gasteiger partial charge on any atom is 0.115 e. The van der Waals surface area contributed by atoms with E-state index in [0.29, 0.717) is 0 Å². The Morgan fingerprint density at radius 3 is 2.11 bits per heavy atom. The van der Waals surface area contributed by atoms with Crippen molar-refractivity contribution in [2.24, 2.45) is 0 Å². The Kier molecular flexibility index (Phi) is 3.84. The van der Waals surface area contributed by atoms with Crippen LogP contribution in [0.4, 0.5) is 5.69 Å². The van der Waals surface area contributed by atoms with Gasteiger partial charge in [0.2, 0.25) is 0 Å². The van der Waals surface area contributed by atoms with E-state index in [2.05, 4.69) is 67.2 Å². The second-order valence-corrected chi connectivity index (χ2v) is 5.87. The lowest BCUT2D eigenvalue weighted by Crippen LogP contribution is -2.12. The van der Waals surface area contributed by atoms with Crippen molar-refractivity contribution < 1.29 is 0 Å². The Bertz CT molecular complexity index is 512. The van der Waals surface area contributed by atoms with Crippen molar-refractivity contribution in [3.05, 3.63) is 54.1 Å². The van der Waals surface area contributed by atoms with Crippen LogP contribution in [0.3, 0.4) is 0 Å². The molecule has 1 aromatic carbocycles. The second-order valence-electron chi connectivity index (χ2n) is 5.87. The summed E-state index contributed by atoms with van der Waals surface area (Å²) in [7, 11) is 0. The molecular formula is C16H21N3. The minimum Gasteiger partial charge on any atom is -0.376 e. The normalized spacial score (nSPS) is 13.1. The number of rotatable bonds is 3. The molecule has 3 heteroatoms. The molecule has 0 aliphatic carbocycles. The minimum atomic E-state index is 0.197. The smallest absolute Gasteiger partial charge is 0.115 e. The molecular weight excluding hydrogens is 234 g/mol. The molecule has 0 amide bonds. The van der Waals surface area contributed by atoms with Crippen LogP contribution in [0.25, 0.3) is 0 Å². The number of nitrogens with zero attached hydrogens (tertiary/aromatic N) is 2. The first-order valence-corrected chi connectivity index (χ1v) is 6.59. The Labute approximate surface area is 115 Å². The van der Waals surface area contributed by atoms with Crippen LogP contribution in [0.2, 0.25) is 0 Å². The van der Waals surface area contributed by atoms with Crippen LogP contribution >= 0.6 is 0 Å². The van der Waals surface area contributed by atoms with E-state index in [0.717, 1.165) is 5.69 Å². The summed E-state index contributed by atoms with van der Waals surface area (Å²) in [5, 5.41) is 3.39. The minimum absolute atomic E-state index is 0.197. The van der Waals surface area contributed by atoms with Crippen molar-refractivity contribution in [1.82, 2.24) is 9.97 Å².